The Morgan fingerprint density at radius 3 is 2.00 bits per heavy atom. The fraction of sp³-hybridized carbons (Fsp3) is 0.368. The molecule has 112 valence electrons. The van der Waals surface area contributed by atoms with Crippen molar-refractivity contribution in [3.63, 3.8) is 0 Å². The molecule has 2 atom stereocenters. The van der Waals surface area contributed by atoms with E-state index in [0.29, 0.717) is 0 Å². The summed E-state index contributed by atoms with van der Waals surface area (Å²) in [6.07, 6.45) is 2.06. The minimum absolute atomic E-state index is 0.0259. The van der Waals surface area contributed by atoms with Crippen LogP contribution in [0.1, 0.15) is 49.0 Å². The molecule has 2 aromatic rings. The summed E-state index contributed by atoms with van der Waals surface area (Å²) in [6, 6.07) is 19.1. The van der Waals surface area contributed by atoms with Crippen molar-refractivity contribution in [2.24, 2.45) is 0 Å². The molecule has 0 radical (unpaired) electrons. The van der Waals surface area contributed by atoms with Crippen molar-refractivity contribution in [3.8, 4) is 0 Å². The minimum atomic E-state index is -0.0259. The van der Waals surface area contributed by atoms with Crippen LogP contribution in [0.15, 0.2) is 54.6 Å². The second kappa shape index (κ2) is 7.96. The highest BCUT2D eigenvalue weighted by Gasteiger charge is 2.16. The zero-order chi connectivity index (χ0) is 15.1. The molecular weight excluding hydrogens is 258 g/mol. The number of nitrogens with one attached hydrogen (secondary N) is 1. The molecule has 0 saturated heterocycles. The molecule has 2 nitrogen and oxygen atoms in total. The van der Waals surface area contributed by atoms with Crippen LogP contribution in [-0.4, -0.2) is 11.7 Å². The molecule has 0 bridgehead atoms. The Morgan fingerprint density at radius 2 is 1.48 bits per heavy atom. The molecule has 0 saturated carbocycles. The average Bonchev–Trinajstić information content (AvgIpc) is 2.57. The number of rotatable bonds is 7. The molecule has 0 spiro atoms. The number of hydrogen-bond acceptors (Lipinski definition) is 2. The maximum atomic E-state index is 9.69. The normalized spacial score (nSPS) is 13.9. The Kier molecular flexibility index (Phi) is 5.97. The molecule has 0 aliphatic rings. The van der Waals surface area contributed by atoms with E-state index in [1.54, 1.807) is 0 Å². The van der Waals surface area contributed by atoms with Crippen LogP contribution in [0.4, 0.5) is 0 Å². The summed E-state index contributed by atoms with van der Waals surface area (Å²) in [4.78, 5) is 0. The van der Waals surface area contributed by atoms with Gasteiger partial charge in [0.15, 0.2) is 0 Å². The van der Waals surface area contributed by atoms with Gasteiger partial charge in [0.2, 0.25) is 0 Å². The van der Waals surface area contributed by atoms with Crippen LogP contribution in [0.3, 0.4) is 0 Å². The molecule has 0 fully saturated rings. The second-order valence-corrected chi connectivity index (χ2v) is 5.37. The van der Waals surface area contributed by atoms with Crippen LogP contribution in [-0.2, 0) is 6.42 Å². The average molecular weight is 283 g/mol. The topological polar surface area (TPSA) is 32.3 Å². The highest BCUT2D eigenvalue weighted by molar-refractivity contribution is 5.26. The monoisotopic (exact) mass is 283 g/mol. The lowest BCUT2D eigenvalue weighted by molar-refractivity contribution is 0.232. The lowest BCUT2D eigenvalue weighted by atomic mass is 9.99. The molecule has 0 amide bonds. The maximum Gasteiger partial charge on any atom is 0.0626 e. The molecule has 2 heteroatoms. The van der Waals surface area contributed by atoms with Crippen LogP contribution in [0.2, 0.25) is 0 Å². The van der Waals surface area contributed by atoms with Gasteiger partial charge in [-0.2, -0.15) is 0 Å². The summed E-state index contributed by atoms with van der Waals surface area (Å²) < 4.78 is 0. The Balaban J connectivity index is 2.13. The largest absolute Gasteiger partial charge is 0.394 e. The number of aliphatic hydroxyl groups excluding tert-OH is 1. The molecule has 0 aromatic heterocycles. The third-order valence-corrected chi connectivity index (χ3v) is 3.99. The molecule has 21 heavy (non-hydrogen) atoms. The first-order valence-corrected chi connectivity index (χ1v) is 7.79. The van der Waals surface area contributed by atoms with E-state index in [4.69, 9.17) is 0 Å². The van der Waals surface area contributed by atoms with Crippen molar-refractivity contribution in [2.75, 3.05) is 6.61 Å². The van der Waals surface area contributed by atoms with Gasteiger partial charge >= 0.3 is 0 Å². The lowest BCUT2D eigenvalue weighted by Gasteiger charge is -2.24. The maximum absolute atomic E-state index is 9.69. The third kappa shape index (κ3) is 4.16. The van der Waals surface area contributed by atoms with Crippen molar-refractivity contribution in [1.29, 1.82) is 0 Å². The summed E-state index contributed by atoms with van der Waals surface area (Å²) in [6.45, 7) is 4.44. The zero-order valence-electron chi connectivity index (χ0n) is 12.9. The Bertz CT molecular complexity index is 521. The van der Waals surface area contributed by atoms with E-state index in [0.717, 1.165) is 18.4 Å². The predicted octanol–water partition coefficient (Wildman–Crippen LogP) is 4.02. The summed E-state index contributed by atoms with van der Waals surface area (Å²) in [5.74, 6) is 0. The van der Waals surface area contributed by atoms with Gasteiger partial charge in [0.25, 0.3) is 0 Å². The number of hydrogen-bond donors (Lipinski definition) is 2. The van der Waals surface area contributed by atoms with E-state index in [1.807, 2.05) is 18.2 Å². The van der Waals surface area contributed by atoms with E-state index >= 15 is 0 Å². The second-order valence-electron chi connectivity index (χ2n) is 5.37. The highest BCUT2D eigenvalue weighted by atomic mass is 16.3. The fourth-order valence-electron chi connectivity index (χ4n) is 2.62. The molecular formula is C19H25NO. The SMILES string of the molecule is CCc1ccc(C(CC)NC(CO)c2ccccc2)cc1. The molecule has 2 aromatic carbocycles. The van der Waals surface area contributed by atoms with Gasteiger partial charge in [-0.05, 0) is 29.5 Å². The van der Waals surface area contributed by atoms with Gasteiger partial charge in [0.05, 0.1) is 12.6 Å². The van der Waals surface area contributed by atoms with Crippen molar-refractivity contribution in [3.05, 3.63) is 71.3 Å². The van der Waals surface area contributed by atoms with Crippen LogP contribution in [0.5, 0.6) is 0 Å². The van der Waals surface area contributed by atoms with E-state index < -0.39 is 0 Å². The Hall–Kier alpha value is -1.64. The number of benzene rings is 2. The van der Waals surface area contributed by atoms with Crippen LogP contribution < -0.4 is 5.32 Å². The first kappa shape index (κ1) is 15.7. The molecule has 0 aliphatic heterocycles. The van der Waals surface area contributed by atoms with E-state index in [9.17, 15) is 5.11 Å². The highest BCUT2D eigenvalue weighted by Crippen LogP contribution is 2.22. The number of aliphatic hydroxyl groups is 1. The standard InChI is InChI=1S/C19H25NO/c1-3-15-10-12-17(13-11-15)18(4-2)20-19(14-21)16-8-6-5-7-9-16/h5-13,18-21H,3-4,14H2,1-2H3. The molecule has 0 heterocycles. The first-order chi connectivity index (χ1) is 10.3. The molecule has 0 aliphatic carbocycles. The Morgan fingerprint density at radius 1 is 0.857 bits per heavy atom. The van der Waals surface area contributed by atoms with Gasteiger partial charge in [-0.3, -0.25) is 0 Å². The van der Waals surface area contributed by atoms with Gasteiger partial charge in [-0.1, -0.05) is 68.4 Å². The zero-order valence-corrected chi connectivity index (χ0v) is 12.9. The van der Waals surface area contributed by atoms with Crippen LogP contribution in [0.25, 0.3) is 0 Å². The fourth-order valence-corrected chi connectivity index (χ4v) is 2.62. The predicted molar refractivity (Wildman–Crippen MR) is 88.3 cm³/mol. The number of aryl methyl sites for hydroxylation is 1. The minimum Gasteiger partial charge on any atom is -0.394 e. The van der Waals surface area contributed by atoms with Crippen molar-refractivity contribution < 1.29 is 5.11 Å². The smallest absolute Gasteiger partial charge is 0.0626 e. The van der Waals surface area contributed by atoms with E-state index in [-0.39, 0.29) is 18.7 Å². The van der Waals surface area contributed by atoms with Crippen LogP contribution in [0, 0.1) is 0 Å². The van der Waals surface area contributed by atoms with Gasteiger partial charge in [-0.15, -0.1) is 0 Å². The summed E-state index contributed by atoms with van der Waals surface area (Å²) in [5, 5.41) is 13.3. The van der Waals surface area contributed by atoms with Crippen molar-refractivity contribution >= 4 is 0 Å². The van der Waals surface area contributed by atoms with E-state index in [1.165, 1.54) is 11.1 Å². The van der Waals surface area contributed by atoms with Crippen molar-refractivity contribution in [2.45, 2.75) is 38.8 Å². The third-order valence-electron chi connectivity index (χ3n) is 3.99. The van der Waals surface area contributed by atoms with Gasteiger partial charge in [-0.25, -0.2) is 0 Å². The quantitative estimate of drug-likeness (QED) is 0.804. The van der Waals surface area contributed by atoms with Gasteiger partial charge < -0.3 is 10.4 Å². The molecule has 2 N–H and O–H groups in total. The Labute approximate surface area is 127 Å². The van der Waals surface area contributed by atoms with Gasteiger partial charge in [0, 0.05) is 6.04 Å². The van der Waals surface area contributed by atoms with Crippen LogP contribution >= 0.6 is 0 Å². The van der Waals surface area contributed by atoms with Gasteiger partial charge in [0.1, 0.15) is 0 Å². The summed E-state index contributed by atoms with van der Waals surface area (Å²) in [5.41, 5.74) is 3.77. The van der Waals surface area contributed by atoms with E-state index in [2.05, 4.69) is 55.6 Å². The molecule has 2 unspecified atom stereocenters. The summed E-state index contributed by atoms with van der Waals surface area (Å²) >= 11 is 0. The first-order valence-electron chi connectivity index (χ1n) is 7.79. The molecule has 2 rings (SSSR count). The summed E-state index contributed by atoms with van der Waals surface area (Å²) in [7, 11) is 0. The van der Waals surface area contributed by atoms with Crippen molar-refractivity contribution in [1.82, 2.24) is 5.32 Å². The lowest BCUT2D eigenvalue weighted by Crippen LogP contribution is -2.28.